The molecule has 1 heterocycles. The summed E-state index contributed by atoms with van der Waals surface area (Å²) in [6, 6.07) is 10.9. The van der Waals surface area contributed by atoms with E-state index in [1.54, 1.807) is 0 Å². The number of aryl methyl sites for hydroxylation is 2. The molecule has 1 aromatic carbocycles. The second kappa shape index (κ2) is 5.48. The summed E-state index contributed by atoms with van der Waals surface area (Å²) >= 11 is 1.90. The fraction of sp³-hybridized carbons (Fsp3) is 0.333. The van der Waals surface area contributed by atoms with Crippen LogP contribution in [0.5, 0.6) is 0 Å². The molecule has 0 aliphatic heterocycles. The van der Waals surface area contributed by atoms with Crippen molar-refractivity contribution in [1.29, 1.82) is 0 Å². The van der Waals surface area contributed by atoms with Crippen LogP contribution in [0.15, 0.2) is 30.3 Å². The van der Waals surface area contributed by atoms with Gasteiger partial charge < -0.3 is 5.32 Å². The van der Waals surface area contributed by atoms with E-state index in [9.17, 15) is 0 Å². The second-order valence-corrected chi connectivity index (χ2v) is 5.46. The Hall–Kier alpha value is -1.12. The monoisotopic (exact) mass is 245 g/mol. The molecule has 0 fully saturated rings. The van der Waals surface area contributed by atoms with Crippen LogP contribution < -0.4 is 5.32 Å². The van der Waals surface area contributed by atoms with Gasteiger partial charge in [-0.15, -0.1) is 11.3 Å². The van der Waals surface area contributed by atoms with E-state index < -0.39 is 0 Å². The lowest BCUT2D eigenvalue weighted by atomic mass is 10.1. The van der Waals surface area contributed by atoms with Crippen LogP contribution in [0.3, 0.4) is 0 Å². The van der Waals surface area contributed by atoms with Gasteiger partial charge in [0.15, 0.2) is 0 Å². The summed E-state index contributed by atoms with van der Waals surface area (Å²) in [6.45, 7) is 8.53. The van der Waals surface area contributed by atoms with E-state index in [1.165, 1.54) is 26.4 Å². The van der Waals surface area contributed by atoms with Crippen molar-refractivity contribution in [3.63, 3.8) is 0 Å². The van der Waals surface area contributed by atoms with Gasteiger partial charge in [0.1, 0.15) is 0 Å². The van der Waals surface area contributed by atoms with Crippen molar-refractivity contribution in [2.24, 2.45) is 0 Å². The van der Waals surface area contributed by atoms with Crippen LogP contribution in [0.25, 0.3) is 10.4 Å². The third-order valence-electron chi connectivity index (χ3n) is 2.91. The predicted molar refractivity (Wildman–Crippen MR) is 76.6 cm³/mol. The van der Waals surface area contributed by atoms with Crippen LogP contribution in [-0.2, 0) is 6.54 Å². The molecule has 0 unspecified atom stereocenters. The summed E-state index contributed by atoms with van der Waals surface area (Å²) in [5, 5.41) is 3.38. The number of thiophene rings is 1. The van der Waals surface area contributed by atoms with Crippen LogP contribution in [0.4, 0.5) is 0 Å². The van der Waals surface area contributed by atoms with Gasteiger partial charge in [0.25, 0.3) is 0 Å². The van der Waals surface area contributed by atoms with Crippen molar-refractivity contribution in [2.45, 2.75) is 27.3 Å². The number of nitrogens with one attached hydrogen (secondary N) is 1. The van der Waals surface area contributed by atoms with Crippen molar-refractivity contribution < 1.29 is 0 Å². The molecule has 1 aromatic heterocycles. The first-order chi connectivity index (χ1) is 8.22. The first kappa shape index (κ1) is 12.3. The third-order valence-corrected chi connectivity index (χ3v) is 4.18. The average molecular weight is 245 g/mol. The highest BCUT2D eigenvalue weighted by atomic mass is 32.1. The van der Waals surface area contributed by atoms with Gasteiger partial charge >= 0.3 is 0 Å². The molecular weight excluding hydrogens is 226 g/mol. The summed E-state index contributed by atoms with van der Waals surface area (Å²) in [6.07, 6.45) is 0. The topological polar surface area (TPSA) is 12.0 Å². The zero-order valence-electron chi connectivity index (χ0n) is 10.7. The fourth-order valence-corrected chi connectivity index (χ4v) is 3.21. The van der Waals surface area contributed by atoms with Gasteiger partial charge in [-0.25, -0.2) is 0 Å². The normalized spacial score (nSPS) is 10.8. The van der Waals surface area contributed by atoms with Crippen LogP contribution in [-0.4, -0.2) is 6.54 Å². The molecular formula is C15H19NS. The molecule has 90 valence electrons. The average Bonchev–Trinajstić information content (AvgIpc) is 2.68. The molecule has 0 saturated carbocycles. The maximum Gasteiger partial charge on any atom is 0.0378 e. The highest BCUT2D eigenvalue weighted by Gasteiger charge is 2.09. The second-order valence-electron chi connectivity index (χ2n) is 4.32. The highest BCUT2D eigenvalue weighted by molar-refractivity contribution is 7.15. The van der Waals surface area contributed by atoms with Gasteiger partial charge in [-0.2, -0.15) is 0 Å². The minimum absolute atomic E-state index is 0.980. The molecule has 2 heteroatoms. The Bertz CT molecular complexity index is 499. The lowest BCUT2D eigenvalue weighted by Crippen LogP contribution is -2.10. The van der Waals surface area contributed by atoms with Crippen LogP contribution in [0, 0.1) is 13.8 Å². The molecule has 0 radical (unpaired) electrons. The molecule has 0 saturated heterocycles. The van der Waals surface area contributed by atoms with Gasteiger partial charge in [-0.1, -0.05) is 31.2 Å². The lowest BCUT2D eigenvalue weighted by molar-refractivity contribution is 0.735. The van der Waals surface area contributed by atoms with Crippen molar-refractivity contribution in [1.82, 2.24) is 5.32 Å². The summed E-state index contributed by atoms with van der Waals surface area (Å²) in [5.74, 6) is 0. The van der Waals surface area contributed by atoms with Crippen molar-refractivity contribution in [3.05, 3.63) is 46.3 Å². The zero-order chi connectivity index (χ0) is 12.3. The maximum atomic E-state index is 3.38. The van der Waals surface area contributed by atoms with Gasteiger partial charge in [-0.05, 0) is 43.1 Å². The van der Waals surface area contributed by atoms with E-state index in [1.807, 2.05) is 11.3 Å². The zero-order valence-corrected chi connectivity index (χ0v) is 11.5. The van der Waals surface area contributed by atoms with E-state index in [0.717, 1.165) is 13.1 Å². The predicted octanol–water partition coefficient (Wildman–Crippen LogP) is 4.14. The van der Waals surface area contributed by atoms with Crippen LogP contribution in [0.1, 0.15) is 22.9 Å². The molecule has 0 bridgehead atoms. The smallest absolute Gasteiger partial charge is 0.0378 e. The van der Waals surface area contributed by atoms with Gasteiger partial charge in [0.2, 0.25) is 0 Å². The van der Waals surface area contributed by atoms with E-state index in [0.29, 0.717) is 0 Å². The summed E-state index contributed by atoms with van der Waals surface area (Å²) in [5.41, 5.74) is 4.11. The lowest BCUT2D eigenvalue weighted by Gasteiger charge is -2.03. The minimum atomic E-state index is 0.980. The minimum Gasteiger partial charge on any atom is -0.312 e. The Morgan fingerprint density at radius 3 is 2.59 bits per heavy atom. The molecule has 0 aliphatic rings. The Morgan fingerprint density at radius 2 is 1.88 bits per heavy atom. The molecule has 0 atom stereocenters. The summed E-state index contributed by atoms with van der Waals surface area (Å²) in [4.78, 5) is 2.83. The van der Waals surface area contributed by atoms with Crippen LogP contribution in [0.2, 0.25) is 0 Å². The number of benzene rings is 1. The van der Waals surface area contributed by atoms with E-state index in [4.69, 9.17) is 0 Å². The number of hydrogen-bond donors (Lipinski definition) is 1. The molecule has 0 aliphatic carbocycles. The van der Waals surface area contributed by atoms with Gasteiger partial charge in [0.05, 0.1) is 0 Å². The largest absolute Gasteiger partial charge is 0.312 e. The highest BCUT2D eigenvalue weighted by Crippen LogP contribution is 2.34. The maximum absolute atomic E-state index is 3.38. The summed E-state index contributed by atoms with van der Waals surface area (Å²) < 4.78 is 0. The van der Waals surface area contributed by atoms with Gasteiger partial charge in [0, 0.05) is 16.3 Å². The molecule has 1 N–H and O–H groups in total. The SMILES string of the molecule is CCNCc1cc(C)c(-c2ccccc2C)s1. The Kier molecular flexibility index (Phi) is 3.97. The molecule has 2 rings (SSSR count). The Morgan fingerprint density at radius 1 is 1.12 bits per heavy atom. The third kappa shape index (κ3) is 2.76. The first-order valence-corrected chi connectivity index (χ1v) is 6.90. The van der Waals surface area contributed by atoms with E-state index >= 15 is 0 Å². The first-order valence-electron chi connectivity index (χ1n) is 6.08. The van der Waals surface area contributed by atoms with E-state index in [-0.39, 0.29) is 0 Å². The number of hydrogen-bond acceptors (Lipinski definition) is 2. The van der Waals surface area contributed by atoms with Crippen molar-refractivity contribution >= 4 is 11.3 Å². The Balaban J connectivity index is 2.33. The van der Waals surface area contributed by atoms with Crippen molar-refractivity contribution in [3.8, 4) is 10.4 Å². The molecule has 0 amide bonds. The molecule has 1 nitrogen and oxygen atoms in total. The fourth-order valence-electron chi connectivity index (χ4n) is 1.98. The standard InChI is InChI=1S/C15H19NS/c1-4-16-10-13-9-12(3)15(17-13)14-8-6-5-7-11(14)2/h5-9,16H,4,10H2,1-3H3. The number of rotatable bonds is 4. The quantitative estimate of drug-likeness (QED) is 0.853. The van der Waals surface area contributed by atoms with Crippen molar-refractivity contribution in [2.75, 3.05) is 6.54 Å². The van der Waals surface area contributed by atoms with Gasteiger partial charge in [-0.3, -0.25) is 0 Å². The molecule has 0 spiro atoms. The summed E-state index contributed by atoms with van der Waals surface area (Å²) in [7, 11) is 0. The van der Waals surface area contributed by atoms with Crippen LogP contribution >= 0.6 is 11.3 Å². The molecule has 17 heavy (non-hydrogen) atoms. The molecule has 2 aromatic rings. The Labute approximate surface area is 108 Å². The van der Waals surface area contributed by atoms with E-state index in [2.05, 4.69) is 56.4 Å².